The molecule has 2 fully saturated rings. The van der Waals surface area contributed by atoms with E-state index in [1.165, 1.54) is 19.3 Å². The van der Waals surface area contributed by atoms with Crippen LogP contribution in [0.4, 0.5) is 0 Å². The predicted molar refractivity (Wildman–Crippen MR) is 61.2 cm³/mol. The molecule has 3 nitrogen and oxygen atoms in total. The van der Waals surface area contributed by atoms with Gasteiger partial charge in [0.05, 0.1) is 0 Å². The molecule has 3 heteroatoms. The Balaban J connectivity index is 1.77. The van der Waals surface area contributed by atoms with Crippen molar-refractivity contribution in [1.82, 2.24) is 9.55 Å². The third-order valence-corrected chi connectivity index (χ3v) is 4.11. The third-order valence-electron chi connectivity index (χ3n) is 4.11. The second-order valence-corrected chi connectivity index (χ2v) is 5.09. The summed E-state index contributed by atoms with van der Waals surface area (Å²) in [5.41, 5.74) is 0. The Morgan fingerprint density at radius 2 is 2.25 bits per heavy atom. The molecule has 0 spiro atoms. The monoisotopic (exact) mass is 218 g/mol. The van der Waals surface area contributed by atoms with Crippen LogP contribution in [0.1, 0.15) is 43.2 Å². The first kappa shape index (κ1) is 10.1. The van der Waals surface area contributed by atoms with Crippen LogP contribution in [0.2, 0.25) is 0 Å². The number of carbonyl (C=O) groups excluding carboxylic acids is 1. The molecular weight excluding hydrogens is 200 g/mol. The summed E-state index contributed by atoms with van der Waals surface area (Å²) in [4.78, 5) is 16.5. The zero-order valence-electron chi connectivity index (χ0n) is 9.72. The zero-order valence-corrected chi connectivity index (χ0v) is 9.72. The first-order valence-corrected chi connectivity index (χ1v) is 6.38. The summed E-state index contributed by atoms with van der Waals surface area (Å²) in [6.45, 7) is 3.03. The lowest BCUT2D eigenvalue weighted by atomic mass is 10.1. The van der Waals surface area contributed by atoms with Crippen molar-refractivity contribution in [3.05, 3.63) is 18.2 Å². The number of aryl methyl sites for hydroxylation is 1. The maximum absolute atomic E-state index is 12.3. The van der Waals surface area contributed by atoms with Crippen LogP contribution in [0.25, 0.3) is 0 Å². The second kappa shape index (κ2) is 3.72. The summed E-state index contributed by atoms with van der Waals surface area (Å²) < 4.78 is 2.01. The number of nitrogens with zero attached hydrogens (tertiary/aromatic N) is 2. The normalized spacial score (nSPS) is 31.4. The van der Waals surface area contributed by atoms with Crippen LogP contribution in [-0.2, 0) is 6.54 Å². The van der Waals surface area contributed by atoms with E-state index in [4.69, 9.17) is 0 Å². The number of aromatic nitrogens is 2. The number of imidazole rings is 1. The van der Waals surface area contributed by atoms with Gasteiger partial charge in [-0.15, -0.1) is 0 Å². The summed E-state index contributed by atoms with van der Waals surface area (Å²) in [6, 6.07) is 0. The van der Waals surface area contributed by atoms with Crippen molar-refractivity contribution in [2.45, 2.75) is 39.2 Å². The molecule has 2 aliphatic carbocycles. The first-order valence-electron chi connectivity index (χ1n) is 6.38. The van der Waals surface area contributed by atoms with E-state index in [0.29, 0.717) is 29.4 Å². The highest BCUT2D eigenvalue weighted by Crippen LogP contribution is 2.58. The standard InChI is InChI=1S/C13H18N2O/c1-2-7-15-8-6-14-13(15)12(16)11-9-4-3-5-10(9)11/h6,8-11H,2-5,7H2,1H3. The van der Waals surface area contributed by atoms with Crippen molar-refractivity contribution in [1.29, 1.82) is 0 Å². The Morgan fingerprint density at radius 1 is 1.50 bits per heavy atom. The molecule has 0 saturated heterocycles. The fourth-order valence-electron chi connectivity index (χ4n) is 3.32. The van der Waals surface area contributed by atoms with E-state index in [2.05, 4.69) is 11.9 Å². The van der Waals surface area contributed by atoms with E-state index in [9.17, 15) is 4.79 Å². The Morgan fingerprint density at radius 3 is 2.94 bits per heavy atom. The first-order chi connectivity index (χ1) is 7.83. The molecule has 1 aromatic heterocycles. The molecule has 0 radical (unpaired) electrons. The smallest absolute Gasteiger partial charge is 0.201 e. The lowest BCUT2D eigenvalue weighted by Crippen LogP contribution is -2.14. The SMILES string of the molecule is CCCn1ccnc1C(=O)C1C2CCCC21. The Labute approximate surface area is 95.9 Å². The third kappa shape index (κ3) is 1.41. The number of rotatable bonds is 4. The molecule has 2 unspecified atom stereocenters. The molecule has 16 heavy (non-hydrogen) atoms. The van der Waals surface area contributed by atoms with Gasteiger partial charge in [-0.05, 0) is 31.1 Å². The summed E-state index contributed by atoms with van der Waals surface area (Å²) >= 11 is 0. The topological polar surface area (TPSA) is 34.9 Å². The van der Waals surface area contributed by atoms with Gasteiger partial charge in [-0.1, -0.05) is 13.3 Å². The number of fused-ring (bicyclic) bond motifs is 1. The van der Waals surface area contributed by atoms with E-state index in [1.54, 1.807) is 6.20 Å². The lowest BCUT2D eigenvalue weighted by molar-refractivity contribution is 0.0937. The van der Waals surface area contributed by atoms with Crippen LogP contribution in [0.5, 0.6) is 0 Å². The number of ketones is 1. The highest BCUT2D eigenvalue weighted by atomic mass is 16.1. The van der Waals surface area contributed by atoms with Gasteiger partial charge in [-0.25, -0.2) is 4.98 Å². The van der Waals surface area contributed by atoms with Crippen molar-refractivity contribution in [2.75, 3.05) is 0 Å². The van der Waals surface area contributed by atoms with Gasteiger partial charge in [-0.3, -0.25) is 4.79 Å². The zero-order chi connectivity index (χ0) is 11.1. The molecule has 0 N–H and O–H groups in total. The van der Waals surface area contributed by atoms with Crippen LogP contribution < -0.4 is 0 Å². The van der Waals surface area contributed by atoms with E-state index >= 15 is 0 Å². The van der Waals surface area contributed by atoms with E-state index in [0.717, 1.165) is 13.0 Å². The van der Waals surface area contributed by atoms with Gasteiger partial charge in [0.1, 0.15) is 0 Å². The minimum Gasteiger partial charge on any atom is -0.329 e. The van der Waals surface area contributed by atoms with Crippen LogP contribution in [-0.4, -0.2) is 15.3 Å². The maximum Gasteiger partial charge on any atom is 0.201 e. The van der Waals surface area contributed by atoms with Crippen LogP contribution in [0.15, 0.2) is 12.4 Å². The Bertz CT molecular complexity index is 400. The number of carbonyl (C=O) groups is 1. The van der Waals surface area contributed by atoms with Crippen molar-refractivity contribution in [3.63, 3.8) is 0 Å². The molecule has 0 amide bonds. The number of hydrogen-bond donors (Lipinski definition) is 0. The Hall–Kier alpha value is -1.12. The van der Waals surface area contributed by atoms with Crippen LogP contribution in [0.3, 0.4) is 0 Å². The van der Waals surface area contributed by atoms with Crippen LogP contribution in [0, 0.1) is 17.8 Å². The number of Topliss-reactive ketones (excluding diaryl/α,β-unsaturated/α-hetero) is 1. The van der Waals surface area contributed by atoms with E-state index in [-0.39, 0.29) is 0 Å². The van der Waals surface area contributed by atoms with Crippen molar-refractivity contribution < 1.29 is 4.79 Å². The second-order valence-electron chi connectivity index (χ2n) is 5.09. The molecule has 1 heterocycles. The molecule has 2 aliphatic rings. The van der Waals surface area contributed by atoms with Gasteiger partial charge in [-0.2, -0.15) is 0 Å². The maximum atomic E-state index is 12.3. The highest BCUT2D eigenvalue weighted by Gasteiger charge is 2.57. The molecule has 3 rings (SSSR count). The fraction of sp³-hybridized carbons (Fsp3) is 0.692. The van der Waals surface area contributed by atoms with E-state index in [1.807, 2.05) is 10.8 Å². The summed E-state index contributed by atoms with van der Waals surface area (Å²) in [7, 11) is 0. The molecule has 1 aromatic rings. The minimum atomic E-state index is 0.299. The summed E-state index contributed by atoms with van der Waals surface area (Å²) in [5.74, 6) is 2.69. The minimum absolute atomic E-state index is 0.299. The summed E-state index contributed by atoms with van der Waals surface area (Å²) in [6.07, 6.45) is 8.57. The van der Waals surface area contributed by atoms with Gasteiger partial charge >= 0.3 is 0 Å². The van der Waals surface area contributed by atoms with Crippen molar-refractivity contribution in [3.8, 4) is 0 Å². The average Bonchev–Trinajstić information content (AvgIpc) is 2.73. The number of hydrogen-bond acceptors (Lipinski definition) is 2. The quantitative estimate of drug-likeness (QED) is 0.728. The Kier molecular flexibility index (Phi) is 2.34. The molecular formula is C13H18N2O. The van der Waals surface area contributed by atoms with Gasteiger partial charge in [0, 0.05) is 24.9 Å². The van der Waals surface area contributed by atoms with Crippen LogP contribution >= 0.6 is 0 Å². The molecule has 2 atom stereocenters. The van der Waals surface area contributed by atoms with E-state index < -0.39 is 0 Å². The largest absolute Gasteiger partial charge is 0.329 e. The summed E-state index contributed by atoms with van der Waals surface area (Å²) in [5, 5.41) is 0. The van der Waals surface area contributed by atoms with Gasteiger partial charge in [0.25, 0.3) is 0 Å². The highest BCUT2D eigenvalue weighted by molar-refractivity contribution is 5.97. The molecule has 0 aromatic carbocycles. The van der Waals surface area contributed by atoms with Crippen molar-refractivity contribution >= 4 is 5.78 Å². The van der Waals surface area contributed by atoms with Gasteiger partial charge < -0.3 is 4.57 Å². The lowest BCUT2D eigenvalue weighted by Gasteiger charge is -2.06. The molecule has 86 valence electrons. The molecule has 0 bridgehead atoms. The molecule has 2 saturated carbocycles. The predicted octanol–water partition coefficient (Wildman–Crippen LogP) is 2.52. The fourth-order valence-corrected chi connectivity index (χ4v) is 3.32. The van der Waals surface area contributed by atoms with Gasteiger partial charge in [0.15, 0.2) is 5.82 Å². The van der Waals surface area contributed by atoms with Crippen molar-refractivity contribution in [2.24, 2.45) is 17.8 Å². The molecule has 0 aliphatic heterocycles. The van der Waals surface area contributed by atoms with Gasteiger partial charge in [0.2, 0.25) is 5.78 Å². The average molecular weight is 218 g/mol.